The number of para-hydroxylation sites is 3. The van der Waals surface area contributed by atoms with Crippen molar-refractivity contribution in [2.75, 3.05) is 21.3 Å². The van der Waals surface area contributed by atoms with E-state index < -0.39 is 0 Å². The summed E-state index contributed by atoms with van der Waals surface area (Å²) >= 11 is 0. The Morgan fingerprint density at radius 3 is 0.871 bits per heavy atom. The maximum atomic E-state index is 12.6. The van der Waals surface area contributed by atoms with Crippen molar-refractivity contribution in [2.45, 2.75) is 10.8 Å². The Kier molecular flexibility index (Phi) is 16.3. The molecule has 0 fully saturated rings. The van der Waals surface area contributed by atoms with Gasteiger partial charge in [0.05, 0.1) is 10.8 Å². The molecule has 16 aromatic rings. The van der Waals surface area contributed by atoms with Gasteiger partial charge in [0.25, 0.3) is 0 Å². The summed E-state index contributed by atoms with van der Waals surface area (Å²) in [4.78, 5) is 0. The molecule has 0 bridgehead atoms. The topological polar surface area (TPSA) is 48.1 Å². The van der Waals surface area contributed by atoms with Gasteiger partial charge in [-0.3, -0.25) is 0 Å². The second-order valence-electron chi connectivity index (χ2n) is 25.9. The quantitative estimate of drug-likeness (QED) is 0.116. The monoisotopic (exact) mass is 1300 g/mol. The zero-order valence-corrected chi connectivity index (χ0v) is 55.4. The van der Waals surface area contributed by atoms with Crippen LogP contribution >= 0.6 is 0 Å². The van der Waals surface area contributed by atoms with E-state index in [0.717, 1.165) is 45.5 Å². The maximum Gasteiger partial charge on any atom is 0.123 e. The second-order valence-corrected chi connectivity index (χ2v) is 25.9. The van der Waals surface area contributed by atoms with Gasteiger partial charge in [-0.05, 0) is 209 Å². The molecule has 4 nitrogen and oxygen atoms in total. The number of nitrogens with one attached hydrogen (secondary N) is 4. The molecule has 0 aliphatic heterocycles. The van der Waals surface area contributed by atoms with Gasteiger partial charge < -0.3 is 21.3 Å². The van der Waals surface area contributed by atoms with E-state index in [1.165, 1.54) is 123 Å². The van der Waals surface area contributed by atoms with Crippen LogP contribution in [0.1, 0.15) is 44.5 Å². The highest BCUT2D eigenvalue weighted by Gasteiger charge is 2.53. The van der Waals surface area contributed by atoms with Crippen molar-refractivity contribution in [3.8, 4) is 55.6 Å². The standard InChI is InChI=1S/C37H25N.C35H23N.C12H10FN.C12H11N/c1-2-10-25(11-3-1)26-18-20-27(21-19-26)38-28-22-23-32-31-14-6-9-17-35(31)37(36(32)24-28)33-15-7-4-12-29(33)30-13-5-8-16-34(30)37;1-2-12-25-23(10-1)11-9-19-34(25)36-24-20-21-29-28-15-5-8-18-32(28)35(33(29)22-24)30-16-6-3-13-26(30)27-14-4-7-17-31(27)35;13-10-6-8-12(9-7-10)14-11-4-2-1-3-5-11;1-3-7-11(8-4-1)13-12-9-5-2-6-10-12/h1-24,38H;1-22,36H;1-9,14H;1-10,13H. The predicted octanol–water partition coefficient (Wildman–Crippen LogP) is 25.4. The fraction of sp³-hybridized carbons (Fsp3) is 0.0208. The van der Waals surface area contributed by atoms with Crippen LogP contribution < -0.4 is 21.3 Å². The Morgan fingerprint density at radius 1 is 0.188 bits per heavy atom. The van der Waals surface area contributed by atoms with E-state index >= 15 is 0 Å². The zero-order valence-electron chi connectivity index (χ0n) is 55.4. The summed E-state index contributed by atoms with van der Waals surface area (Å²) in [7, 11) is 0. The zero-order chi connectivity index (χ0) is 67.5. The first kappa shape index (κ1) is 61.5. The predicted molar refractivity (Wildman–Crippen MR) is 420 cm³/mol. The van der Waals surface area contributed by atoms with Crippen LogP contribution in [0, 0.1) is 5.82 Å². The summed E-state index contributed by atoms with van der Waals surface area (Å²) in [5, 5.41) is 16.4. The van der Waals surface area contributed by atoms with Gasteiger partial charge in [0, 0.05) is 50.9 Å². The molecule has 4 aliphatic rings. The van der Waals surface area contributed by atoms with E-state index in [9.17, 15) is 4.39 Å². The highest BCUT2D eigenvalue weighted by atomic mass is 19.1. The molecule has 0 atom stereocenters. The van der Waals surface area contributed by atoms with Crippen LogP contribution in [0.25, 0.3) is 66.4 Å². The van der Waals surface area contributed by atoms with Gasteiger partial charge in [0.1, 0.15) is 5.82 Å². The van der Waals surface area contributed by atoms with Crippen molar-refractivity contribution in [1.82, 2.24) is 0 Å². The smallest absolute Gasteiger partial charge is 0.123 e. The Hall–Kier alpha value is -13.1. The third-order valence-electron chi connectivity index (χ3n) is 20.1. The molecule has 0 aromatic heterocycles. The van der Waals surface area contributed by atoms with E-state index in [2.05, 4.69) is 300 Å². The van der Waals surface area contributed by atoms with Crippen LogP contribution in [0.2, 0.25) is 0 Å². The number of anilines is 8. The fourth-order valence-corrected chi connectivity index (χ4v) is 15.8. The first-order chi connectivity index (χ1) is 50.0. The molecule has 0 radical (unpaired) electrons. The van der Waals surface area contributed by atoms with Crippen molar-refractivity contribution >= 4 is 56.3 Å². The molecular weight excluding hydrogens is 1230 g/mol. The molecule has 0 unspecified atom stereocenters. The van der Waals surface area contributed by atoms with Crippen LogP contribution in [-0.2, 0) is 10.8 Å². The normalized spacial score (nSPS) is 12.6. The Bertz CT molecular complexity index is 5490. The van der Waals surface area contributed by atoms with Gasteiger partial charge in [0.2, 0.25) is 0 Å². The number of hydrogen-bond acceptors (Lipinski definition) is 4. The first-order valence-electron chi connectivity index (χ1n) is 34.5. The van der Waals surface area contributed by atoms with Crippen molar-refractivity contribution in [3.63, 3.8) is 0 Å². The van der Waals surface area contributed by atoms with Gasteiger partial charge in [-0.1, -0.05) is 291 Å². The van der Waals surface area contributed by atoms with Gasteiger partial charge in [-0.15, -0.1) is 0 Å². The summed E-state index contributed by atoms with van der Waals surface area (Å²) in [5.74, 6) is -0.219. The SMILES string of the molecule is Fc1ccc(Nc2ccccc2)cc1.c1ccc(-c2ccc(Nc3ccc4c(c3)C3(c5ccccc5-c5ccccc53)c3ccccc3-4)cc2)cc1.c1ccc(Nc2ccccc2)cc1.c1ccc2c(c1)-c1ccccc1C21c2ccccc2-c2ccc(Nc3cccc4ccccc34)cc21. The van der Waals surface area contributed by atoms with E-state index in [0.29, 0.717) is 0 Å². The Morgan fingerprint density at radius 2 is 0.465 bits per heavy atom. The van der Waals surface area contributed by atoms with Crippen LogP contribution in [0.3, 0.4) is 0 Å². The summed E-state index contributed by atoms with van der Waals surface area (Å²) in [5.41, 5.74) is 32.0. The minimum Gasteiger partial charge on any atom is -0.356 e. The third kappa shape index (κ3) is 11.3. The Labute approximate surface area is 589 Å². The largest absolute Gasteiger partial charge is 0.356 e. The molecule has 5 heteroatoms. The molecule has 0 heterocycles. The number of halogens is 1. The molecule has 101 heavy (non-hydrogen) atoms. The average Bonchev–Trinajstić information content (AvgIpc) is 1.52. The molecule has 4 aliphatic carbocycles. The van der Waals surface area contributed by atoms with E-state index in [1.807, 2.05) is 91.0 Å². The lowest BCUT2D eigenvalue weighted by molar-refractivity contribution is 0.628. The lowest BCUT2D eigenvalue weighted by atomic mass is 9.70. The first-order valence-corrected chi connectivity index (χ1v) is 34.5. The second kappa shape index (κ2) is 26.7. The molecule has 4 N–H and O–H groups in total. The van der Waals surface area contributed by atoms with E-state index in [1.54, 1.807) is 12.1 Å². The maximum absolute atomic E-state index is 12.6. The van der Waals surface area contributed by atoms with Crippen molar-refractivity contribution in [2.24, 2.45) is 0 Å². The van der Waals surface area contributed by atoms with Crippen molar-refractivity contribution < 1.29 is 4.39 Å². The minimum atomic E-state index is -0.312. The number of hydrogen-bond donors (Lipinski definition) is 4. The lowest BCUT2D eigenvalue weighted by Gasteiger charge is -2.30. The number of rotatable bonds is 9. The molecule has 0 saturated carbocycles. The average molecular weight is 1300 g/mol. The van der Waals surface area contributed by atoms with Crippen molar-refractivity contribution in [1.29, 1.82) is 0 Å². The van der Waals surface area contributed by atoms with Gasteiger partial charge >= 0.3 is 0 Å². The van der Waals surface area contributed by atoms with E-state index in [4.69, 9.17) is 0 Å². The van der Waals surface area contributed by atoms with E-state index in [-0.39, 0.29) is 16.6 Å². The summed E-state index contributed by atoms with van der Waals surface area (Å²) in [6.45, 7) is 0. The molecule has 480 valence electrons. The summed E-state index contributed by atoms with van der Waals surface area (Å²) in [6, 6.07) is 138. The van der Waals surface area contributed by atoms with Gasteiger partial charge in [-0.2, -0.15) is 0 Å². The summed E-state index contributed by atoms with van der Waals surface area (Å²) in [6.07, 6.45) is 0. The highest BCUT2D eigenvalue weighted by Crippen LogP contribution is 2.65. The highest BCUT2D eigenvalue weighted by molar-refractivity contribution is 5.99. The summed E-state index contributed by atoms with van der Waals surface area (Å²) < 4.78 is 12.6. The van der Waals surface area contributed by atoms with Crippen molar-refractivity contribution in [3.05, 3.63) is 445 Å². The molecule has 0 saturated heterocycles. The Balaban J connectivity index is 0.000000111. The van der Waals surface area contributed by atoms with Crippen LogP contribution in [-0.4, -0.2) is 0 Å². The third-order valence-corrected chi connectivity index (χ3v) is 20.1. The van der Waals surface area contributed by atoms with Crippen LogP contribution in [0.15, 0.2) is 394 Å². The van der Waals surface area contributed by atoms with Crippen LogP contribution in [0.4, 0.5) is 49.9 Å². The molecule has 20 rings (SSSR count). The fourth-order valence-electron chi connectivity index (χ4n) is 15.8. The van der Waals surface area contributed by atoms with Crippen LogP contribution in [0.5, 0.6) is 0 Å². The molecular formula is C96H69FN4. The molecule has 16 aromatic carbocycles. The minimum absolute atomic E-state index is 0.219. The van der Waals surface area contributed by atoms with Gasteiger partial charge in [-0.25, -0.2) is 4.39 Å². The molecule has 0 amide bonds. The molecule has 2 spiro atoms. The lowest BCUT2D eigenvalue weighted by Crippen LogP contribution is -2.25. The number of benzene rings is 16. The number of fused-ring (bicyclic) bond motifs is 21. The van der Waals surface area contributed by atoms with Gasteiger partial charge in [0.15, 0.2) is 0 Å².